The molecule has 0 aliphatic heterocycles. The fourth-order valence-electron chi connectivity index (χ4n) is 2.83. The fourth-order valence-corrected chi connectivity index (χ4v) is 2.83. The van der Waals surface area contributed by atoms with E-state index in [0.717, 1.165) is 10.9 Å². The van der Waals surface area contributed by atoms with E-state index in [9.17, 15) is 4.79 Å². The Bertz CT molecular complexity index is 902. The lowest BCUT2D eigenvalue weighted by Crippen LogP contribution is -2.29. The fraction of sp³-hybridized carbons (Fsp3) is 0.250. The summed E-state index contributed by atoms with van der Waals surface area (Å²) in [6.07, 6.45) is -0.339. The maximum absolute atomic E-state index is 12.5. The summed E-state index contributed by atoms with van der Waals surface area (Å²) >= 11 is 0. The van der Waals surface area contributed by atoms with Crippen molar-refractivity contribution >= 4 is 16.9 Å². The lowest BCUT2D eigenvalue weighted by Gasteiger charge is -2.18. The number of nitrogens with one attached hydrogen (secondary N) is 1. The van der Waals surface area contributed by atoms with E-state index in [4.69, 9.17) is 18.6 Å². The van der Waals surface area contributed by atoms with Gasteiger partial charge in [0.15, 0.2) is 17.1 Å². The van der Waals surface area contributed by atoms with E-state index in [1.807, 2.05) is 36.4 Å². The highest BCUT2D eigenvalue weighted by atomic mass is 16.5. The van der Waals surface area contributed by atoms with Crippen LogP contribution in [-0.2, 0) is 4.74 Å². The summed E-state index contributed by atoms with van der Waals surface area (Å²) < 4.78 is 21.8. The van der Waals surface area contributed by atoms with E-state index in [2.05, 4.69) is 5.32 Å². The molecular formula is C20H21NO5. The number of furan rings is 1. The Kier molecular flexibility index (Phi) is 5.43. The number of hydrogen-bond donors (Lipinski definition) is 1. The third kappa shape index (κ3) is 3.50. The zero-order chi connectivity index (χ0) is 18.5. The largest absolute Gasteiger partial charge is 0.496 e. The molecular weight excluding hydrogens is 334 g/mol. The number of fused-ring (bicyclic) bond motifs is 1. The summed E-state index contributed by atoms with van der Waals surface area (Å²) in [6, 6.07) is 14.7. The van der Waals surface area contributed by atoms with Crippen molar-refractivity contribution in [1.29, 1.82) is 0 Å². The summed E-state index contributed by atoms with van der Waals surface area (Å²) in [5.41, 5.74) is 1.41. The molecule has 0 saturated carbocycles. The van der Waals surface area contributed by atoms with Gasteiger partial charge < -0.3 is 23.9 Å². The van der Waals surface area contributed by atoms with Crippen molar-refractivity contribution in [3.63, 3.8) is 0 Å². The number of hydrogen-bond acceptors (Lipinski definition) is 5. The van der Waals surface area contributed by atoms with E-state index in [-0.39, 0.29) is 24.3 Å². The number of para-hydroxylation sites is 2. The number of ether oxygens (including phenoxy) is 3. The van der Waals surface area contributed by atoms with Crippen molar-refractivity contribution < 1.29 is 23.4 Å². The molecule has 0 aliphatic carbocycles. The van der Waals surface area contributed by atoms with Crippen LogP contribution in [0, 0.1) is 0 Å². The van der Waals surface area contributed by atoms with Gasteiger partial charge in [-0.05, 0) is 18.2 Å². The molecule has 1 atom stereocenters. The summed E-state index contributed by atoms with van der Waals surface area (Å²) in [4.78, 5) is 12.5. The van der Waals surface area contributed by atoms with Crippen LogP contribution in [0.25, 0.3) is 11.0 Å². The molecule has 0 saturated heterocycles. The lowest BCUT2D eigenvalue weighted by molar-refractivity contribution is 0.0801. The van der Waals surface area contributed by atoms with Gasteiger partial charge in [-0.3, -0.25) is 4.79 Å². The van der Waals surface area contributed by atoms with E-state index in [0.29, 0.717) is 17.1 Å². The minimum absolute atomic E-state index is 0.222. The van der Waals surface area contributed by atoms with Gasteiger partial charge >= 0.3 is 0 Å². The maximum Gasteiger partial charge on any atom is 0.287 e. The second-order valence-electron chi connectivity index (χ2n) is 5.67. The Morgan fingerprint density at radius 3 is 2.50 bits per heavy atom. The van der Waals surface area contributed by atoms with Gasteiger partial charge in [-0.15, -0.1) is 0 Å². The van der Waals surface area contributed by atoms with Gasteiger partial charge in [0.25, 0.3) is 5.91 Å². The molecule has 1 N–H and O–H groups in total. The average molecular weight is 355 g/mol. The predicted octanol–water partition coefficient (Wildman–Crippen LogP) is 3.57. The minimum Gasteiger partial charge on any atom is -0.496 e. The molecule has 3 aromatic rings. The van der Waals surface area contributed by atoms with Crippen molar-refractivity contribution in [1.82, 2.24) is 5.32 Å². The van der Waals surface area contributed by atoms with Crippen molar-refractivity contribution in [2.24, 2.45) is 0 Å². The first-order valence-corrected chi connectivity index (χ1v) is 8.18. The Balaban J connectivity index is 1.75. The van der Waals surface area contributed by atoms with Crippen LogP contribution in [0.2, 0.25) is 0 Å². The summed E-state index contributed by atoms with van der Waals surface area (Å²) in [5.74, 6) is 1.20. The molecule has 3 rings (SSSR count). The molecule has 0 unspecified atom stereocenters. The molecule has 6 heteroatoms. The zero-order valence-corrected chi connectivity index (χ0v) is 14.9. The number of rotatable bonds is 7. The van der Waals surface area contributed by atoms with Crippen molar-refractivity contribution in [2.75, 3.05) is 27.9 Å². The van der Waals surface area contributed by atoms with Gasteiger partial charge in [0.2, 0.25) is 0 Å². The van der Waals surface area contributed by atoms with Gasteiger partial charge in [0.1, 0.15) is 11.9 Å². The van der Waals surface area contributed by atoms with Gasteiger partial charge in [-0.2, -0.15) is 0 Å². The van der Waals surface area contributed by atoms with Crippen LogP contribution in [0.1, 0.15) is 22.2 Å². The molecule has 0 radical (unpaired) electrons. The number of amides is 1. The van der Waals surface area contributed by atoms with E-state index in [1.54, 1.807) is 33.5 Å². The van der Waals surface area contributed by atoms with Crippen LogP contribution in [0.3, 0.4) is 0 Å². The third-order valence-electron chi connectivity index (χ3n) is 4.17. The monoisotopic (exact) mass is 355 g/mol. The lowest BCUT2D eigenvalue weighted by atomic mass is 10.1. The molecule has 2 aromatic carbocycles. The highest BCUT2D eigenvalue weighted by molar-refractivity contribution is 5.97. The molecule has 0 spiro atoms. The van der Waals surface area contributed by atoms with Crippen LogP contribution in [0.4, 0.5) is 0 Å². The molecule has 136 valence electrons. The predicted molar refractivity (Wildman–Crippen MR) is 97.8 cm³/mol. The standard InChI is InChI=1S/C20H21NO5/c1-23-15-9-5-4-8-14(15)18(25-3)12-21-20(22)17-11-13-7-6-10-16(24-2)19(13)26-17/h4-11,18H,12H2,1-3H3,(H,21,22)/t18-/m0/s1. The second-order valence-corrected chi connectivity index (χ2v) is 5.67. The topological polar surface area (TPSA) is 69.9 Å². The van der Waals surface area contributed by atoms with E-state index in [1.165, 1.54) is 0 Å². The first-order valence-electron chi connectivity index (χ1n) is 8.18. The number of methoxy groups -OCH3 is 3. The molecule has 0 fully saturated rings. The van der Waals surface area contributed by atoms with Crippen LogP contribution >= 0.6 is 0 Å². The van der Waals surface area contributed by atoms with Gasteiger partial charge in [-0.1, -0.05) is 30.3 Å². The Hall–Kier alpha value is -2.99. The van der Waals surface area contributed by atoms with Crippen molar-refractivity contribution in [3.05, 3.63) is 59.9 Å². The molecule has 1 amide bonds. The number of carbonyl (C=O) groups excluding carboxylic acids is 1. The number of benzene rings is 2. The van der Waals surface area contributed by atoms with E-state index >= 15 is 0 Å². The number of carbonyl (C=O) groups is 1. The zero-order valence-electron chi connectivity index (χ0n) is 14.9. The normalized spacial score (nSPS) is 12.0. The van der Waals surface area contributed by atoms with Crippen molar-refractivity contribution in [2.45, 2.75) is 6.10 Å². The Morgan fingerprint density at radius 1 is 1.04 bits per heavy atom. The highest BCUT2D eigenvalue weighted by Gasteiger charge is 2.19. The summed E-state index contributed by atoms with van der Waals surface area (Å²) in [5, 5.41) is 3.65. The maximum atomic E-state index is 12.5. The highest BCUT2D eigenvalue weighted by Crippen LogP contribution is 2.29. The average Bonchev–Trinajstić information content (AvgIpc) is 3.13. The molecule has 1 aromatic heterocycles. The second kappa shape index (κ2) is 7.93. The molecule has 0 aliphatic rings. The Labute approximate surface area is 151 Å². The van der Waals surface area contributed by atoms with Crippen LogP contribution < -0.4 is 14.8 Å². The first-order chi connectivity index (χ1) is 12.7. The van der Waals surface area contributed by atoms with Crippen molar-refractivity contribution in [3.8, 4) is 11.5 Å². The summed E-state index contributed by atoms with van der Waals surface area (Å²) in [7, 11) is 4.76. The van der Waals surface area contributed by atoms with Gasteiger partial charge in [0.05, 0.1) is 14.2 Å². The van der Waals surface area contributed by atoms with Crippen LogP contribution in [-0.4, -0.2) is 33.8 Å². The quantitative estimate of drug-likeness (QED) is 0.702. The van der Waals surface area contributed by atoms with Gasteiger partial charge in [-0.25, -0.2) is 0 Å². The van der Waals surface area contributed by atoms with Gasteiger partial charge in [0, 0.05) is 24.6 Å². The molecule has 6 nitrogen and oxygen atoms in total. The summed E-state index contributed by atoms with van der Waals surface area (Å²) in [6.45, 7) is 0.282. The van der Waals surface area contributed by atoms with Crippen LogP contribution in [0.15, 0.2) is 52.9 Å². The first kappa shape index (κ1) is 17.8. The third-order valence-corrected chi connectivity index (χ3v) is 4.17. The molecule has 0 bridgehead atoms. The minimum atomic E-state index is -0.339. The Morgan fingerprint density at radius 2 is 1.77 bits per heavy atom. The molecule has 26 heavy (non-hydrogen) atoms. The smallest absolute Gasteiger partial charge is 0.287 e. The SMILES string of the molecule is COc1ccccc1[C@H](CNC(=O)c1cc2cccc(OC)c2o1)OC. The van der Waals surface area contributed by atoms with Crippen LogP contribution in [0.5, 0.6) is 11.5 Å². The molecule has 1 heterocycles. The van der Waals surface area contributed by atoms with E-state index < -0.39 is 0 Å².